The van der Waals surface area contributed by atoms with Gasteiger partial charge in [-0.25, -0.2) is 12.8 Å². The molecular weight excluding hydrogens is 385 g/mol. The van der Waals surface area contributed by atoms with Gasteiger partial charge in [0.15, 0.2) is 0 Å². The van der Waals surface area contributed by atoms with E-state index >= 15 is 0 Å². The smallest absolute Gasteiger partial charge is 0.261 e. The van der Waals surface area contributed by atoms with E-state index in [1.54, 1.807) is 6.07 Å². The van der Waals surface area contributed by atoms with Gasteiger partial charge < -0.3 is 10.6 Å². The van der Waals surface area contributed by atoms with Crippen LogP contribution >= 0.6 is 0 Å². The molecule has 0 saturated carbocycles. The molecule has 9 heteroatoms. The van der Waals surface area contributed by atoms with Crippen molar-refractivity contribution in [3.8, 4) is 0 Å². The summed E-state index contributed by atoms with van der Waals surface area (Å²) >= 11 is 0. The van der Waals surface area contributed by atoms with Gasteiger partial charge in [-0.2, -0.15) is 0 Å². The normalized spacial score (nSPS) is 11.6. The van der Waals surface area contributed by atoms with Crippen molar-refractivity contribution < 1.29 is 22.4 Å². The van der Waals surface area contributed by atoms with Gasteiger partial charge in [0.1, 0.15) is 6.67 Å². The molecule has 150 valence electrons. The van der Waals surface area contributed by atoms with Crippen molar-refractivity contribution in [2.24, 2.45) is 5.41 Å². The van der Waals surface area contributed by atoms with Crippen LogP contribution in [-0.4, -0.2) is 26.9 Å². The largest absolute Gasteiger partial charge is 0.326 e. The van der Waals surface area contributed by atoms with Crippen molar-refractivity contribution in [3.05, 3.63) is 48.5 Å². The van der Waals surface area contributed by atoms with Crippen molar-refractivity contribution in [1.82, 2.24) is 0 Å². The molecule has 0 aliphatic carbocycles. The first-order valence-electron chi connectivity index (χ1n) is 8.41. The van der Waals surface area contributed by atoms with Gasteiger partial charge in [-0.05, 0) is 56.3 Å². The predicted octanol–water partition coefficient (Wildman–Crippen LogP) is 3.38. The molecule has 3 N–H and O–H groups in total. The SMILES string of the molecule is CC(=O)Nc1cccc(S(=O)(=O)Nc2ccc(NC(=O)C(C)(C)CF)cc2)c1. The minimum atomic E-state index is -3.87. The molecule has 0 aliphatic heterocycles. The van der Waals surface area contributed by atoms with Crippen LogP contribution in [0, 0.1) is 5.41 Å². The number of hydrogen-bond donors (Lipinski definition) is 3. The minimum Gasteiger partial charge on any atom is -0.326 e. The van der Waals surface area contributed by atoms with Gasteiger partial charge in [-0.3, -0.25) is 14.3 Å². The fourth-order valence-electron chi connectivity index (χ4n) is 2.14. The lowest BCUT2D eigenvalue weighted by molar-refractivity contribution is -0.124. The minimum absolute atomic E-state index is 0.0131. The Balaban J connectivity index is 2.13. The Hall–Kier alpha value is -2.94. The van der Waals surface area contributed by atoms with Gasteiger partial charge in [0.2, 0.25) is 11.8 Å². The van der Waals surface area contributed by atoms with E-state index in [2.05, 4.69) is 15.4 Å². The summed E-state index contributed by atoms with van der Waals surface area (Å²) in [6, 6.07) is 11.8. The highest BCUT2D eigenvalue weighted by atomic mass is 32.2. The maximum absolute atomic E-state index is 12.9. The Labute approximate surface area is 163 Å². The van der Waals surface area contributed by atoms with Crippen LogP contribution in [0.5, 0.6) is 0 Å². The van der Waals surface area contributed by atoms with Crippen LogP contribution in [0.15, 0.2) is 53.4 Å². The number of carbonyl (C=O) groups is 2. The summed E-state index contributed by atoms with van der Waals surface area (Å²) in [5, 5.41) is 5.11. The predicted molar refractivity (Wildman–Crippen MR) is 106 cm³/mol. The first kappa shape index (κ1) is 21.4. The molecule has 0 aromatic heterocycles. The van der Waals surface area contributed by atoms with Crippen molar-refractivity contribution in [1.29, 1.82) is 0 Å². The molecule has 0 saturated heterocycles. The summed E-state index contributed by atoms with van der Waals surface area (Å²) in [5.41, 5.74) is -0.0853. The second-order valence-electron chi connectivity index (χ2n) is 6.86. The van der Waals surface area contributed by atoms with E-state index in [1.807, 2.05) is 0 Å². The number of sulfonamides is 1. The van der Waals surface area contributed by atoms with E-state index in [-0.39, 0.29) is 16.5 Å². The maximum Gasteiger partial charge on any atom is 0.261 e. The van der Waals surface area contributed by atoms with E-state index in [0.29, 0.717) is 11.4 Å². The molecule has 2 amide bonds. The van der Waals surface area contributed by atoms with E-state index in [4.69, 9.17) is 0 Å². The Bertz CT molecular complexity index is 973. The van der Waals surface area contributed by atoms with Crippen LogP contribution in [-0.2, 0) is 19.6 Å². The van der Waals surface area contributed by atoms with E-state index in [1.165, 1.54) is 63.2 Å². The molecule has 2 aromatic carbocycles. The monoisotopic (exact) mass is 407 g/mol. The number of carbonyl (C=O) groups excluding carboxylic acids is 2. The summed E-state index contributed by atoms with van der Waals surface area (Å²) < 4.78 is 40.4. The van der Waals surface area contributed by atoms with Gasteiger partial charge in [-0.15, -0.1) is 0 Å². The zero-order valence-electron chi connectivity index (χ0n) is 15.7. The number of anilines is 3. The third-order valence-electron chi connectivity index (χ3n) is 3.81. The first-order chi connectivity index (χ1) is 13.0. The average molecular weight is 407 g/mol. The third kappa shape index (κ3) is 5.53. The van der Waals surface area contributed by atoms with E-state index in [9.17, 15) is 22.4 Å². The molecule has 2 aromatic rings. The zero-order valence-corrected chi connectivity index (χ0v) is 16.6. The van der Waals surface area contributed by atoms with Crippen molar-refractivity contribution in [2.75, 3.05) is 22.0 Å². The van der Waals surface area contributed by atoms with Crippen LogP contribution in [0.4, 0.5) is 21.5 Å². The summed E-state index contributed by atoms with van der Waals surface area (Å²) in [5.74, 6) is -0.783. The Kier molecular flexibility index (Phi) is 6.40. The van der Waals surface area contributed by atoms with Crippen LogP contribution < -0.4 is 15.4 Å². The summed E-state index contributed by atoms with van der Waals surface area (Å²) in [7, 11) is -3.87. The molecule has 0 atom stereocenters. The van der Waals surface area contributed by atoms with Gasteiger partial charge in [-0.1, -0.05) is 6.07 Å². The summed E-state index contributed by atoms with van der Waals surface area (Å²) in [4.78, 5) is 23.1. The van der Waals surface area contributed by atoms with Gasteiger partial charge >= 0.3 is 0 Å². The highest BCUT2D eigenvalue weighted by molar-refractivity contribution is 7.92. The molecule has 0 radical (unpaired) electrons. The lowest BCUT2D eigenvalue weighted by atomic mass is 9.94. The average Bonchev–Trinajstić information content (AvgIpc) is 2.62. The lowest BCUT2D eigenvalue weighted by Crippen LogP contribution is -2.32. The highest BCUT2D eigenvalue weighted by Crippen LogP contribution is 2.23. The fourth-order valence-corrected chi connectivity index (χ4v) is 3.24. The molecular formula is C19H22FN3O4S. The van der Waals surface area contributed by atoms with Gasteiger partial charge in [0, 0.05) is 24.0 Å². The quantitative estimate of drug-likeness (QED) is 0.654. The maximum atomic E-state index is 12.9. The molecule has 0 heterocycles. The number of halogens is 1. The zero-order chi connectivity index (χ0) is 20.9. The topological polar surface area (TPSA) is 104 Å². The molecule has 0 spiro atoms. The van der Waals surface area contributed by atoms with Crippen molar-refractivity contribution >= 4 is 38.9 Å². The fraction of sp³-hybridized carbons (Fsp3) is 0.263. The number of hydrogen-bond acceptors (Lipinski definition) is 4. The van der Waals surface area contributed by atoms with Crippen molar-refractivity contribution in [3.63, 3.8) is 0 Å². The van der Waals surface area contributed by atoms with Gasteiger partial charge in [0.25, 0.3) is 10.0 Å². The molecule has 0 unspecified atom stereocenters. The molecule has 7 nitrogen and oxygen atoms in total. The Morgan fingerprint density at radius 2 is 1.57 bits per heavy atom. The number of benzene rings is 2. The van der Waals surface area contributed by atoms with Gasteiger partial charge in [0.05, 0.1) is 10.3 Å². The summed E-state index contributed by atoms with van der Waals surface area (Å²) in [6.07, 6.45) is 0. The van der Waals surface area contributed by atoms with Crippen LogP contribution in [0.25, 0.3) is 0 Å². The second kappa shape index (κ2) is 8.39. The molecule has 0 aliphatic rings. The van der Waals surface area contributed by atoms with E-state index < -0.39 is 28.0 Å². The number of nitrogens with one attached hydrogen (secondary N) is 3. The first-order valence-corrected chi connectivity index (χ1v) is 9.90. The highest BCUT2D eigenvalue weighted by Gasteiger charge is 2.27. The lowest BCUT2D eigenvalue weighted by Gasteiger charge is -2.19. The van der Waals surface area contributed by atoms with Crippen LogP contribution in [0.1, 0.15) is 20.8 Å². The third-order valence-corrected chi connectivity index (χ3v) is 5.19. The number of amides is 2. The van der Waals surface area contributed by atoms with Crippen LogP contribution in [0.2, 0.25) is 0 Å². The van der Waals surface area contributed by atoms with Crippen molar-refractivity contribution in [2.45, 2.75) is 25.7 Å². The molecule has 0 bridgehead atoms. The van der Waals surface area contributed by atoms with Crippen LogP contribution in [0.3, 0.4) is 0 Å². The molecule has 0 fully saturated rings. The van der Waals surface area contributed by atoms with E-state index in [0.717, 1.165) is 0 Å². The second-order valence-corrected chi connectivity index (χ2v) is 8.55. The molecule has 2 rings (SSSR count). The summed E-state index contributed by atoms with van der Waals surface area (Å²) in [6.45, 7) is 3.50. The molecule has 28 heavy (non-hydrogen) atoms. The Morgan fingerprint density at radius 1 is 0.964 bits per heavy atom. The Morgan fingerprint density at radius 3 is 2.14 bits per heavy atom. The number of alkyl halides is 1. The number of rotatable bonds is 7. The standard InChI is InChI=1S/C19H22FN3O4S/c1-13(24)21-16-5-4-6-17(11-16)28(26,27)23-15-9-7-14(8-10-15)22-18(25)19(2,3)12-20/h4-11,23H,12H2,1-3H3,(H,21,24)(H,22,25).